The molecule has 22 heavy (non-hydrogen) atoms. The standard InChI is InChI=1S/C13H17F3N2O3S/c1-22(19,20)8-11(9-4-5-17-6-9)21-10-2-3-12(18-7-10)13(14,15)16/h2-3,7,9,11,17H,4-6,8H2,1H3. The predicted octanol–water partition coefficient (Wildman–Crippen LogP) is 1.50. The van der Waals surface area contributed by atoms with E-state index in [1.807, 2.05) is 0 Å². The maximum Gasteiger partial charge on any atom is 0.433 e. The van der Waals surface area contributed by atoms with Crippen molar-refractivity contribution in [1.29, 1.82) is 0 Å². The predicted molar refractivity (Wildman–Crippen MR) is 74.3 cm³/mol. The first kappa shape index (κ1) is 17.0. The smallest absolute Gasteiger partial charge is 0.433 e. The molecule has 0 aromatic carbocycles. The van der Waals surface area contributed by atoms with Gasteiger partial charge in [0.15, 0.2) is 9.84 Å². The van der Waals surface area contributed by atoms with Crippen LogP contribution in [0.4, 0.5) is 13.2 Å². The topological polar surface area (TPSA) is 68.3 Å². The average Bonchev–Trinajstić information content (AvgIpc) is 2.89. The lowest BCUT2D eigenvalue weighted by atomic mass is 10.0. The highest BCUT2D eigenvalue weighted by Gasteiger charge is 2.33. The fourth-order valence-corrected chi connectivity index (χ4v) is 3.29. The maximum absolute atomic E-state index is 12.5. The van der Waals surface area contributed by atoms with Gasteiger partial charge in [0.1, 0.15) is 17.5 Å². The SMILES string of the molecule is CS(=O)(=O)CC(Oc1ccc(C(F)(F)F)nc1)C1CCNC1. The molecule has 2 rings (SSSR count). The van der Waals surface area contributed by atoms with Crippen LogP contribution in [0.25, 0.3) is 0 Å². The Kier molecular flexibility index (Phi) is 4.96. The molecule has 0 aliphatic carbocycles. The van der Waals surface area contributed by atoms with Gasteiger partial charge in [-0.05, 0) is 25.1 Å². The molecule has 2 heterocycles. The number of ether oxygens (including phenoxy) is 1. The lowest BCUT2D eigenvalue weighted by molar-refractivity contribution is -0.141. The molecular weight excluding hydrogens is 321 g/mol. The third-order valence-electron chi connectivity index (χ3n) is 3.41. The van der Waals surface area contributed by atoms with E-state index in [0.29, 0.717) is 6.54 Å². The quantitative estimate of drug-likeness (QED) is 0.881. The summed E-state index contributed by atoms with van der Waals surface area (Å²) in [6.45, 7) is 1.38. The largest absolute Gasteiger partial charge is 0.487 e. The average molecular weight is 338 g/mol. The van der Waals surface area contributed by atoms with Crippen LogP contribution in [-0.2, 0) is 16.0 Å². The van der Waals surface area contributed by atoms with E-state index in [1.54, 1.807) is 0 Å². The Morgan fingerprint density at radius 1 is 1.45 bits per heavy atom. The Hall–Kier alpha value is -1.35. The minimum absolute atomic E-state index is 0.00276. The molecule has 0 spiro atoms. The molecule has 1 aliphatic rings. The monoisotopic (exact) mass is 338 g/mol. The van der Waals surface area contributed by atoms with E-state index in [4.69, 9.17) is 4.74 Å². The van der Waals surface area contributed by atoms with Crippen molar-refractivity contribution in [3.63, 3.8) is 0 Å². The van der Waals surface area contributed by atoms with Gasteiger partial charge in [0.25, 0.3) is 0 Å². The minimum atomic E-state index is -4.51. The third kappa shape index (κ3) is 4.84. The summed E-state index contributed by atoms with van der Waals surface area (Å²) in [6.07, 6.45) is -2.28. The minimum Gasteiger partial charge on any atom is -0.487 e. The first-order valence-electron chi connectivity index (χ1n) is 6.73. The van der Waals surface area contributed by atoms with Crippen molar-refractivity contribution in [1.82, 2.24) is 10.3 Å². The molecule has 1 aliphatic heterocycles. The molecule has 0 bridgehead atoms. The number of rotatable bonds is 5. The number of aromatic nitrogens is 1. The third-order valence-corrected chi connectivity index (χ3v) is 4.34. The summed E-state index contributed by atoms with van der Waals surface area (Å²) >= 11 is 0. The van der Waals surface area contributed by atoms with Gasteiger partial charge in [0, 0.05) is 18.7 Å². The van der Waals surface area contributed by atoms with Crippen molar-refractivity contribution in [3.8, 4) is 5.75 Å². The molecule has 1 aromatic heterocycles. The van der Waals surface area contributed by atoms with Gasteiger partial charge in [-0.3, -0.25) is 0 Å². The molecule has 5 nitrogen and oxygen atoms in total. The number of halogens is 3. The highest BCUT2D eigenvalue weighted by atomic mass is 32.2. The maximum atomic E-state index is 12.5. The first-order chi connectivity index (χ1) is 10.1. The zero-order valence-electron chi connectivity index (χ0n) is 11.9. The summed E-state index contributed by atoms with van der Waals surface area (Å²) in [6, 6.07) is 1.98. The molecule has 1 N–H and O–H groups in total. The molecule has 2 unspecified atom stereocenters. The van der Waals surface area contributed by atoms with E-state index in [1.165, 1.54) is 0 Å². The van der Waals surface area contributed by atoms with E-state index in [0.717, 1.165) is 37.6 Å². The van der Waals surface area contributed by atoms with Crippen LogP contribution in [0.1, 0.15) is 12.1 Å². The fraction of sp³-hybridized carbons (Fsp3) is 0.615. The van der Waals surface area contributed by atoms with E-state index >= 15 is 0 Å². The molecule has 0 saturated carbocycles. The number of hydrogen-bond donors (Lipinski definition) is 1. The van der Waals surface area contributed by atoms with Gasteiger partial charge >= 0.3 is 6.18 Å². The van der Waals surface area contributed by atoms with E-state index in [9.17, 15) is 21.6 Å². The molecule has 0 amide bonds. The summed E-state index contributed by atoms with van der Waals surface area (Å²) in [5.41, 5.74) is -1.01. The molecule has 9 heteroatoms. The van der Waals surface area contributed by atoms with Gasteiger partial charge in [-0.1, -0.05) is 0 Å². The fourth-order valence-electron chi connectivity index (χ4n) is 2.35. The summed E-state index contributed by atoms with van der Waals surface area (Å²) in [4.78, 5) is 3.31. The summed E-state index contributed by atoms with van der Waals surface area (Å²) in [7, 11) is -3.27. The number of alkyl halides is 3. The van der Waals surface area contributed by atoms with Gasteiger partial charge in [-0.2, -0.15) is 13.2 Å². The lowest BCUT2D eigenvalue weighted by Gasteiger charge is -2.23. The highest BCUT2D eigenvalue weighted by molar-refractivity contribution is 7.90. The van der Waals surface area contributed by atoms with Crippen LogP contribution in [-0.4, -0.2) is 44.6 Å². The Labute approximate surface area is 126 Å². The second kappa shape index (κ2) is 6.41. The van der Waals surface area contributed by atoms with Gasteiger partial charge in [0.05, 0.1) is 11.9 Å². The summed E-state index contributed by atoms with van der Waals surface area (Å²) in [5, 5.41) is 3.11. The number of nitrogens with zero attached hydrogens (tertiary/aromatic N) is 1. The second-order valence-corrected chi connectivity index (χ2v) is 7.56. The molecular formula is C13H17F3N2O3S. The van der Waals surface area contributed by atoms with Gasteiger partial charge in [-0.15, -0.1) is 0 Å². The zero-order chi connectivity index (χ0) is 16.4. The van der Waals surface area contributed by atoms with Gasteiger partial charge in [-0.25, -0.2) is 13.4 Å². The molecule has 2 atom stereocenters. The summed E-state index contributed by atoms with van der Waals surface area (Å²) in [5.74, 6) is -0.0500. The van der Waals surface area contributed by atoms with Crippen molar-refractivity contribution in [2.45, 2.75) is 18.7 Å². The van der Waals surface area contributed by atoms with E-state index in [2.05, 4.69) is 10.3 Å². The van der Waals surface area contributed by atoms with Crippen LogP contribution in [0.15, 0.2) is 18.3 Å². The second-order valence-electron chi connectivity index (χ2n) is 5.38. The van der Waals surface area contributed by atoms with Crippen molar-refractivity contribution in [2.75, 3.05) is 25.1 Å². The Morgan fingerprint density at radius 3 is 2.64 bits per heavy atom. The van der Waals surface area contributed by atoms with Gasteiger partial charge < -0.3 is 10.1 Å². The van der Waals surface area contributed by atoms with Crippen molar-refractivity contribution in [2.24, 2.45) is 5.92 Å². The summed E-state index contributed by atoms with van der Waals surface area (Å²) < 4.78 is 66.0. The molecule has 0 radical (unpaired) electrons. The first-order valence-corrected chi connectivity index (χ1v) is 8.79. The molecule has 1 saturated heterocycles. The van der Waals surface area contributed by atoms with Crippen molar-refractivity contribution in [3.05, 3.63) is 24.0 Å². The molecule has 1 fully saturated rings. The van der Waals surface area contributed by atoms with Crippen molar-refractivity contribution < 1.29 is 26.3 Å². The lowest BCUT2D eigenvalue weighted by Crippen LogP contribution is -2.35. The molecule has 1 aromatic rings. The van der Waals surface area contributed by atoms with Crippen LogP contribution in [0.5, 0.6) is 5.75 Å². The number of sulfone groups is 1. The van der Waals surface area contributed by atoms with Gasteiger partial charge in [0.2, 0.25) is 0 Å². The number of nitrogens with one attached hydrogen (secondary N) is 1. The highest BCUT2D eigenvalue weighted by Crippen LogP contribution is 2.29. The van der Waals surface area contributed by atoms with Crippen LogP contribution in [0, 0.1) is 5.92 Å². The number of pyridine rings is 1. The Morgan fingerprint density at radius 2 is 2.18 bits per heavy atom. The Bertz CT molecular complexity index is 596. The Balaban J connectivity index is 2.12. The van der Waals surface area contributed by atoms with Crippen LogP contribution in [0.2, 0.25) is 0 Å². The van der Waals surface area contributed by atoms with Crippen molar-refractivity contribution >= 4 is 9.84 Å². The normalized spacial score (nSPS) is 20.8. The van der Waals surface area contributed by atoms with Crippen LogP contribution >= 0.6 is 0 Å². The zero-order valence-corrected chi connectivity index (χ0v) is 12.7. The van der Waals surface area contributed by atoms with E-state index < -0.39 is 27.8 Å². The van der Waals surface area contributed by atoms with E-state index in [-0.39, 0.29) is 17.4 Å². The van der Waals surface area contributed by atoms with Crippen LogP contribution < -0.4 is 10.1 Å². The molecule has 124 valence electrons. The van der Waals surface area contributed by atoms with Crippen LogP contribution in [0.3, 0.4) is 0 Å². The number of hydrogen-bond acceptors (Lipinski definition) is 5.